The predicted octanol–water partition coefficient (Wildman–Crippen LogP) is 6.81. The van der Waals surface area contributed by atoms with E-state index in [0.29, 0.717) is 5.41 Å². The Labute approximate surface area is 189 Å². The van der Waals surface area contributed by atoms with Gasteiger partial charge in [-0.3, -0.25) is 4.90 Å². The highest BCUT2D eigenvalue weighted by atomic mass is 15.3. The predicted molar refractivity (Wildman–Crippen MR) is 136 cm³/mol. The Kier molecular flexibility index (Phi) is 6.39. The van der Waals surface area contributed by atoms with Crippen molar-refractivity contribution in [3.05, 3.63) is 77.4 Å². The lowest BCUT2D eigenvalue weighted by Gasteiger charge is -2.39. The molecule has 4 rings (SSSR count). The molecule has 2 aromatic carbocycles. The summed E-state index contributed by atoms with van der Waals surface area (Å²) >= 11 is 0. The quantitative estimate of drug-likeness (QED) is 0.530. The van der Waals surface area contributed by atoms with Gasteiger partial charge < -0.3 is 4.90 Å². The Morgan fingerprint density at radius 1 is 0.935 bits per heavy atom. The molecule has 0 aromatic heterocycles. The molecular weight excluding hydrogens is 376 g/mol. The van der Waals surface area contributed by atoms with Crippen LogP contribution in [0.5, 0.6) is 0 Å². The lowest BCUT2D eigenvalue weighted by molar-refractivity contribution is 0.256. The zero-order valence-corrected chi connectivity index (χ0v) is 19.9. The van der Waals surface area contributed by atoms with Crippen LogP contribution in [0.25, 0.3) is 11.1 Å². The molecule has 0 radical (unpaired) electrons. The highest BCUT2D eigenvalue weighted by Crippen LogP contribution is 2.42. The molecule has 1 aliphatic carbocycles. The van der Waals surface area contributed by atoms with Crippen LogP contribution in [0.3, 0.4) is 0 Å². The Morgan fingerprint density at radius 2 is 1.58 bits per heavy atom. The maximum absolute atomic E-state index is 4.05. The highest BCUT2D eigenvalue weighted by Gasteiger charge is 2.29. The summed E-state index contributed by atoms with van der Waals surface area (Å²) in [6.07, 6.45) is 3.72. The fourth-order valence-corrected chi connectivity index (χ4v) is 5.06. The van der Waals surface area contributed by atoms with Crippen molar-refractivity contribution in [1.29, 1.82) is 0 Å². The van der Waals surface area contributed by atoms with Gasteiger partial charge in [0.25, 0.3) is 0 Å². The van der Waals surface area contributed by atoms with Gasteiger partial charge in [-0.2, -0.15) is 0 Å². The van der Waals surface area contributed by atoms with Crippen molar-refractivity contribution < 1.29 is 0 Å². The van der Waals surface area contributed by atoms with E-state index in [-0.39, 0.29) is 0 Å². The molecule has 2 aliphatic rings. The summed E-state index contributed by atoms with van der Waals surface area (Å²) in [4.78, 5) is 5.20. The van der Waals surface area contributed by atoms with Crippen LogP contribution in [-0.2, 0) is 0 Å². The van der Waals surface area contributed by atoms with Gasteiger partial charge in [0.1, 0.15) is 0 Å². The first-order valence-corrected chi connectivity index (χ1v) is 11.8. The van der Waals surface area contributed by atoms with Gasteiger partial charge >= 0.3 is 0 Å². The van der Waals surface area contributed by atoms with E-state index in [1.807, 2.05) is 0 Å². The van der Waals surface area contributed by atoms with Gasteiger partial charge in [-0.15, -0.1) is 0 Å². The van der Waals surface area contributed by atoms with Crippen LogP contribution < -0.4 is 4.90 Å². The fraction of sp³-hybridized carbons (Fsp3) is 0.448. The van der Waals surface area contributed by atoms with Gasteiger partial charge in [0.15, 0.2) is 0 Å². The van der Waals surface area contributed by atoms with Crippen molar-refractivity contribution in [3.8, 4) is 0 Å². The van der Waals surface area contributed by atoms with E-state index in [4.69, 9.17) is 0 Å². The van der Waals surface area contributed by atoms with Gasteiger partial charge in [-0.1, -0.05) is 73.5 Å². The van der Waals surface area contributed by atoms with Crippen molar-refractivity contribution >= 4 is 16.8 Å². The monoisotopic (exact) mass is 414 g/mol. The van der Waals surface area contributed by atoms with Crippen LogP contribution in [-0.4, -0.2) is 37.6 Å². The summed E-state index contributed by atoms with van der Waals surface area (Å²) in [5.41, 5.74) is 10.2. The van der Waals surface area contributed by atoms with Crippen LogP contribution in [0, 0.1) is 12.3 Å². The molecule has 2 heteroatoms. The summed E-state index contributed by atoms with van der Waals surface area (Å²) in [6.45, 7) is 18.8. The Morgan fingerprint density at radius 3 is 2.19 bits per heavy atom. The second-order valence-corrected chi connectivity index (χ2v) is 10.4. The van der Waals surface area contributed by atoms with E-state index >= 15 is 0 Å². The summed E-state index contributed by atoms with van der Waals surface area (Å²) < 4.78 is 0. The number of nitrogens with zero attached hydrogens (tertiary/aromatic N) is 2. The first-order chi connectivity index (χ1) is 14.8. The van der Waals surface area contributed by atoms with Gasteiger partial charge in [0.05, 0.1) is 0 Å². The van der Waals surface area contributed by atoms with E-state index < -0.39 is 0 Å². The average molecular weight is 415 g/mol. The van der Waals surface area contributed by atoms with Crippen LogP contribution >= 0.6 is 0 Å². The van der Waals surface area contributed by atoms with Gasteiger partial charge in [-0.25, -0.2) is 0 Å². The molecule has 0 spiro atoms. The third kappa shape index (κ3) is 5.30. The Bertz CT molecular complexity index is 939. The molecule has 0 N–H and O–H groups in total. The molecule has 0 atom stereocenters. The van der Waals surface area contributed by atoms with Crippen molar-refractivity contribution in [3.63, 3.8) is 0 Å². The third-order valence-electron chi connectivity index (χ3n) is 7.08. The molecule has 1 heterocycles. The normalized spacial score (nSPS) is 19.5. The zero-order valence-electron chi connectivity index (χ0n) is 19.9. The molecule has 0 amide bonds. The molecule has 1 aliphatic heterocycles. The number of benzene rings is 2. The lowest BCUT2D eigenvalue weighted by Crippen LogP contribution is -2.47. The average Bonchev–Trinajstić information content (AvgIpc) is 2.75. The minimum absolute atomic E-state index is 0.413. The Hall–Kier alpha value is -2.32. The van der Waals surface area contributed by atoms with Gasteiger partial charge in [-0.05, 0) is 67.4 Å². The topological polar surface area (TPSA) is 6.48 Å². The maximum atomic E-state index is 4.05. The minimum Gasteiger partial charge on any atom is -0.369 e. The molecule has 0 saturated carbocycles. The van der Waals surface area contributed by atoms with E-state index in [1.165, 1.54) is 41.6 Å². The molecule has 2 nitrogen and oxygen atoms in total. The minimum atomic E-state index is 0.413. The summed E-state index contributed by atoms with van der Waals surface area (Å²) in [5.74, 6) is 0. The number of hydrogen-bond donors (Lipinski definition) is 0. The van der Waals surface area contributed by atoms with Crippen LogP contribution in [0.1, 0.15) is 56.7 Å². The number of piperazine rings is 1. The van der Waals surface area contributed by atoms with Crippen LogP contribution in [0.2, 0.25) is 0 Å². The molecule has 164 valence electrons. The Balaban J connectivity index is 1.45. The van der Waals surface area contributed by atoms with E-state index in [1.54, 1.807) is 11.1 Å². The summed E-state index contributed by atoms with van der Waals surface area (Å²) in [7, 11) is 0. The molecule has 0 unspecified atom stereocenters. The number of allylic oxidation sites excluding steroid dienone is 2. The zero-order chi connectivity index (χ0) is 22.0. The second-order valence-electron chi connectivity index (χ2n) is 10.4. The number of hydrogen-bond acceptors (Lipinski definition) is 2. The molecule has 1 fully saturated rings. The van der Waals surface area contributed by atoms with Gasteiger partial charge in [0.2, 0.25) is 0 Å². The number of aryl methyl sites for hydroxylation is 1. The first kappa shape index (κ1) is 21.9. The van der Waals surface area contributed by atoms with E-state index in [0.717, 1.165) is 38.3 Å². The van der Waals surface area contributed by atoms with Gasteiger partial charge in [0, 0.05) is 38.4 Å². The third-order valence-corrected chi connectivity index (χ3v) is 7.08. The largest absolute Gasteiger partial charge is 0.369 e. The standard InChI is InChI=1S/C29H38N2/c1-22(2)24-10-12-27(13-11-24)31-18-16-30(17-19-31)21-26-20-29(4,5)15-14-28(26)25-8-6-23(3)7-9-25/h6-13H,1,14-21H2,2-5H3. The highest BCUT2D eigenvalue weighted by molar-refractivity contribution is 5.70. The van der Waals surface area contributed by atoms with E-state index in [9.17, 15) is 0 Å². The van der Waals surface area contributed by atoms with Crippen molar-refractivity contribution in [1.82, 2.24) is 4.90 Å². The molecule has 1 saturated heterocycles. The maximum Gasteiger partial charge on any atom is 0.0367 e. The fourth-order valence-electron chi connectivity index (χ4n) is 5.06. The van der Waals surface area contributed by atoms with Crippen LogP contribution in [0.4, 0.5) is 5.69 Å². The lowest BCUT2D eigenvalue weighted by atomic mass is 9.72. The molecular formula is C29H38N2. The number of anilines is 1. The molecule has 31 heavy (non-hydrogen) atoms. The van der Waals surface area contributed by atoms with Crippen molar-refractivity contribution in [2.24, 2.45) is 5.41 Å². The molecule has 0 bridgehead atoms. The SMILES string of the molecule is C=C(C)c1ccc(N2CCN(CC3=C(c4ccc(C)cc4)CCC(C)(C)C3)CC2)cc1. The summed E-state index contributed by atoms with van der Waals surface area (Å²) in [6, 6.07) is 18.1. The van der Waals surface area contributed by atoms with Crippen molar-refractivity contribution in [2.45, 2.75) is 47.0 Å². The smallest absolute Gasteiger partial charge is 0.0367 e. The summed E-state index contributed by atoms with van der Waals surface area (Å²) in [5, 5.41) is 0. The first-order valence-electron chi connectivity index (χ1n) is 11.8. The number of rotatable bonds is 5. The van der Waals surface area contributed by atoms with E-state index in [2.05, 4.69) is 92.6 Å². The molecule has 2 aromatic rings. The van der Waals surface area contributed by atoms with Crippen molar-refractivity contribution in [2.75, 3.05) is 37.6 Å². The second kappa shape index (κ2) is 9.04. The van der Waals surface area contributed by atoms with Crippen LogP contribution in [0.15, 0.2) is 60.7 Å².